The van der Waals surface area contributed by atoms with Crippen molar-refractivity contribution in [2.24, 2.45) is 0 Å². The lowest BCUT2D eigenvalue weighted by Gasteiger charge is -2.04. The standard InChI is InChI=1S/C14H14N2OS/c17-14(15-8-10-4-2-1-3-5-10)13-12(11-6-7-11)16-9-18-13/h1-5,9,11H,6-8H2,(H,15,17). The number of nitrogens with one attached hydrogen (secondary N) is 1. The highest BCUT2D eigenvalue weighted by Gasteiger charge is 2.30. The SMILES string of the molecule is O=C(NCc1ccccc1)c1scnc1C1CC1. The Kier molecular flexibility index (Phi) is 3.11. The molecule has 1 saturated carbocycles. The van der Waals surface area contributed by atoms with Crippen molar-refractivity contribution in [3.63, 3.8) is 0 Å². The van der Waals surface area contributed by atoms with Crippen LogP contribution < -0.4 is 5.32 Å². The summed E-state index contributed by atoms with van der Waals surface area (Å²) in [6.45, 7) is 0.571. The van der Waals surface area contributed by atoms with E-state index in [1.807, 2.05) is 30.3 Å². The van der Waals surface area contributed by atoms with Crippen LogP contribution in [0.2, 0.25) is 0 Å². The van der Waals surface area contributed by atoms with E-state index in [1.165, 1.54) is 24.2 Å². The molecule has 1 fully saturated rings. The predicted octanol–water partition coefficient (Wildman–Crippen LogP) is 2.95. The number of hydrogen-bond acceptors (Lipinski definition) is 3. The first kappa shape index (κ1) is 11.4. The molecule has 1 aromatic heterocycles. The van der Waals surface area contributed by atoms with Crippen LogP contribution in [-0.4, -0.2) is 10.9 Å². The zero-order chi connectivity index (χ0) is 12.4. The summed E-state index contributed by atoms with van der Waals surface area (Å²) in [7, 11) is 0. The molecule has 0 bridgehead atoms. The summed E-state index contributed by atoms with van der Waals surface area (Å²) in [6, 6.07) is 9.94. The van der Waals surface area contributed by atoms with Crippen molar-refractivity contribution < 1.29 is 4.79 Å². The average Bonchev–Trinajstić information content (AvgIpc) is 3.14. The quantitative estimate of drug-likeness (QED) is 0.916. The molecule has 1 N–H and O–H groups in total. The molecule has 1 aromatic carbocycles. The van der Waals surface area contributed by atoms with Gasteiger partial charge in [0, 0.05) is 12.5 Å². The van der Waals surface area contributed by atoms with Crippen molar-refractivity contribution in [3.05, 3.63) is 52.0 Å². The zero-order valence-corrected chi connectivity index (χ0v) is 10.7. The Hall–Kier alpha value is -1.68. The van der Waals surface area contributed by atoms with Gasteiger partial charge >= 0.3 is 0 Å². The number of hydrogen-bond donors (Lipinski definition) is 1. The van der Waals surface area contributed by atoms with Crippen LogP contribution in [-0.2, 0) is 6.54 Å². The number of aromatic nitrogens is 1. The third kappa shape index (κ3) is 2.43. The monoisotopic (exact) mass is 258 g/mol. The van der Waals surface area contributed by atoms with Crippen LogP contribution in [0.1, 0.15) is 39.7 Å². The third-order valence-corrected chi connectivity index (χ3v) is 3.90. The number of carbonyl (C=O) groups excluding carboxylic acids is 1. The van der Waals surface area contributed by atoms with Gasteiger partial charge in [0.25, 0.3) is 5.91 Å². The number of nitrogens with zero attached hydrogens (tertiary/aromatic N) is 1. The third-order valence-electron chi connectivity index (χ3n) is 3.06. The molecule has 3 nitrogen and oxygen atoms in total. The molecule has 0 unspecified atom stereocenters. The summed E-state index contributed by atoms with van der Waals surface area (Å²) >= 11 is 1.44. The second kappa shape index (κ2) is 4.90. The number of rotatable bonds is 4. The summed E-state index contributed by atoms with van der Waals surface area (Å²) in [4.78, 5) is 17.2. The van der Waals surface area contributed by atoms with Crippen molar-refractivity contribution in [1.82, 2.24) is 10.3 Å². The molecule has 0 saturated heterocycles. The summed E-state index contributed by atoms with van der Waals surface area (Å²) in [6.07, 6.45) is 2.34. The summed E-state index contributed by atoms with van der Waals surface area (Å²) in [5.41, 5.74) is 3.87. The highest BCUT2D eigenvalue weighted by molar-refractivity contribution is 7.11. The van der Waals surface area contributed by atoms with Crippen LogP contribution in [0.15, 0.2) is 35.8 Å². The van der Waals surface area contributed by atoms with Crippen molar-refractivity contribution in [2.75, 3.05) is 0 Å². The lowest BCUT2D eigenvalue weighted by molar-refractivity contribution is 0.0954. The minimum atomic E-state index is 0.00301. The molecule has 0 radical (unpaired) electrons. The molecule has 0 spiro atoms. The van der Waals surface area contributed by atoms with Crippen molar-refractivity contribution in [2.45, 2.75) is 25.3 Å². The maximum absolute atomic E-state index is 12.1. The zero-order valence-electron chi connectivity index (χ0n) is 9.93. The second-order valence-electron chi connectivity index (χ2n) is 4.51. The van der Waals surface area contributed by atoms with Crippen LogP contribution in [0.25, 0.3) is 0 Å². The van der Waals surface area contributed by atoms with Gasteiger partial charge in [0.15, 0.2) is 0 Å². The first-order valence-electron chi connectivity index (χ1n) is 6.10. The van der Waals surface area contributed by atoms with Gasteiger partial charge in [-0.2, -0.15) is 0 Å². The fraction of sp³-hybridized carbons (Fsp3) is 0.286. The van der Waals surface area contributed by atoms with Gasteiger partial charge in [0.05, 0.1) is 11.2 Å². The number of benzene rings is 1. The largest absolute Gasteiger partial charge is 0.347 e. The fourth-order valence-corrected chi connectivity index (χ4v) is 2.72. The summed E-state index contributed by atoms with van der Waals surface area (Å²) < 4.78 is 0. The van der Waals surface area contributed by atoms with E-state index in [-0.39, 0.29) is 5.91 Å². The smallest absolute Gasteiger partial charge is 0.263 e. The Morgan fingerprint density at radius 3 is 2.83 bits per heavy atom. The molecular weight excluding hydrogens is 244 g/mol. The Morgan fingerprint density at radius 1 is 1.33 bits per heavy atom. The average molecular weight is 258 g/mol. The predicted molar refractivity (Wildman–Crippen MR) is 71.7 cm³/mol. The van der Waals surface area contributed by atoms with Crippen LogP contribution in [0.5, 0.6) is 0 Å². The Labute approximate surface area is 110 Å². The molecule has 1 heterocycles. The van der Waals surface area contributed by atoms with Crippen molar-refractivity contribution in [1.29, 1.82) is 0 Å². The van der Waals surface area contributed by atoms with Gasteiger partial charge in [-0.1, -0.05) is 30.3 Å². The van der Waals surface area contributed by atoms with Gasteiger partial charge < -0.3 is 5.32 Å². The molecule has 1 aliphatic rings. The molecule has 1 amide bonds. The summed E-state index contributed by atoms with van der Waals surface area (Å²) in [5.74, 6) is 0.525. The highest BCUT2D eigenvalue weighted by atomic mass is 32.1. The van der Waals surface area contributed by atoms with E-state index in [9.17, 15) is 4.79 Å². The summed E-state index contributed by atoms with van der Waals surface area (Å²) in [5, 5.41) is 2.96. The van der Waals surface area contributed by atoms with E-state index in [0.717, 1.165) is 16.1 Å². The minimum absolute atomic E-state index is 0.00301. The normalized spacial score (nSPS) is 14.4. The lowest BCUT2D eigenvalue weighted by Crippen LogP contribution is -2.22. The molecule has 0 atom stereocenters. The van der Waals surface area contributed by atoms with Gasteiger partial charge in [-0.25, -0.2) is 4.98 Å². The first-order chi connectivity index (χ1) is 8.84. The van der Waals surface area contributed by atoms with Crippen molar-refractivity contribution >= 4 is 17.2 Å². The number of amides is 1. The Morgan fingerprint density at radius 2 is 2.11 bits per heavy atom. The lowest BCUT2D eigenvalue weighted by atomic mass is 10.2. The van der Waals surface area contributed by atoms with E-state index in [1.54, 1.807) is 5.51 Å². The van der Waals surface area contributed by atoms with Crippen molar-refractivity contribution in [3.8, 4) is 0 Å². The highest BCUT2D eigenvalue weighted by Crippen LogP contribution is 2.41. The Balaban J connectivity index is 1.66. The molecule has 3 rings (SSSR count). The van der Waals surface area contributed by atoms with E-state index in [2.05, 4.69) is 10.3 Å². The van der Waals surface area contributed by atoms with Gasteiger partial charge in [-0.05, 0) is 18.4 Å². The first-order valence-corrected chi connectivity index (χ1v) is 6.98. The van der Waals surface area contributed by atoms with Crippen LogP contribution in [0.4, 0.5) is 0 Å². The number of thiazole rings is 1. The Bertz CT molecular complexity index is 546. The molecule has 2 aromatic rings. The van der Waals surface area contributed by atoms with E-state index >= 15 is 0 Å². The molecule has 1 aliphatic carbocycles. The van der Waals surface area contributed by atoms with Crippen LogP contribution in [0.3, 0.4) is 0 Å². The van der Waals surface area contributed by atoms with Crippen LogP contribution >= 0.6 is 11.3 Å². The van der Waals surface area contributed by atoms with Gasteiger partial charge in [-0.15, -0.1) is 11.3 Å². The maximum Gasteiger partial charge on any atom is 0.263 e. The number of carbonyl (C=O) groups is 1. The van der Waals surface area contributed by atoms with E-state index < -0.39 is 0 Å². The maximum atomic E-state index is 12.1. The van der Waals surface area contributed by atoms with Gasteiger partial charge in [0.2, 0.25) is 0 Å². The molecule has 0 aliphatic heterocycles. The molecular formula is C14H14N2OS. The van der Waals surface area contributed by atoms with E-state index in [4.69, 9.17) is 0 Å². The minimum Gasteiger partial charge on any atom is -0.347 e. The molecule has 18 heavy (non-hydrogen) atoms. The fourth-order valence-electron chi connectivity index (χ4n) is 1.93. The molecule has 4 heteroatoms. The van der Waals surface area contributed by atoms with Crippen LogP contribution in [0, 0.1) is 0 Å². The molecule has 92 valence electrons. The second-order valence-corrected chi connectivity index (χ2v) is 5.36. The van der Waals surface area contributed by atoms with E-state index in [0.29, 0.717) is 12.5 Å². The van der Waals surface area contributed by atoms with Gasteiger partial charge in [-0.3, -0.25) is 4.79 Å². The topological polar surface area (TPSA) is 42.0 Å². The van der Waals surface area contributed by atoms with Gasteiger partial charge in [0.1, 0.15) is 4.88 Å².